The van der Waals surface area contributed by atoms with Crippen LogP contribution < -0.4 is 15.8 Å². The highest BCUT2D eigenvalue weighted by atomic mass is 35.5. The molecule has 4 rings (SSSR count). The third-order valence-corrected chi connectivity index (χ3v) is 5.68. The highest BCUT2D eigenvalue weighted by molar-refractivity contribution is 6.31. The smallest absolute Gasteiger partial charge is 0.263 e. The lowest BCUT2D eigenvalue weighted by Crippen LogP contribution is -2.39. The van der Waals surface area contributed by atoms with Crippen LogP contribution in [0.15, 0.2) is 29.2 Å². The summed E-state index contributed by atoms with van der Waals surface area (Å²) in [6.45, 7) is 7.15. The number of piperidine rings is 1. The van der Waals surface area contributed by atoms with E-state index in [1.165, 1.54) is 18.3 Å². The average molecular weight is 445 g/mol. The van der Waals surface area contributed by atoms with Gasteiger partial charge in [0.1, 0.15) is 11.1 Å². The minimum atomic E-state index is -0.309. The first-order valence-corrected chi connectivity index (χ1v) is 10.5. The van der Waals surface area contributed by atoms with Crippen molar-refractivity contribution in [1.82, 2.24) is 19.7 Å². The summed E-state index contributed by atoms with van der Waals surface area (Å²) in [6.07, 6.45) is 2.72. The molecule has 0 spiro atoms. The van der Waals surface area contributed by atoms with E-state index < -0.39 is 0 Å². The molecule has 1 aromatic carbocycles. The van der Waals surface area contributed by atoms with E-state index in [9.17, 15) is 14.7 Å². The number of halogens is 1. The number of benzene rings is 1. The number of fused-ring (bicyclic) bond motifs is 1. The molecule has 164 valence electrons. The number of nitrogens with one attached hydrogen (secondary N) is 2. The Labute approximate surface area is 184 Å². The Morgan fingerprint density at radius 1 is 1.29 bits per heavy atom. The Hall–Kier alpha value is -3.07. The number of phenols is 1. The lowest BCUT2D eigenvalue weighted by molar-refractivity contribution is -0.120. The molecule has 1 amide bonds. The standard InChI is InChI=1S/C21H25ClN6O3/c1-21(2,3)28-17-14(11-23-28)19(31)26-20(25-17)27-8-6-12(7-9-27)18(30)24-15-10-13(22)4-5-16(15)29/h4-5,10-12,29H,6-9H2,1-3H3,(H,24,30)(H,25,26,31). The number of hydrogen-bond acceptors (Lipinski definition) is 6. The second-order valence-electron chi connectivity index (χ2n) is 8.77. The highest BCUT2D eigenvalue weighted by Crippen LogP contribution is 2.29. The number of anilines is 2. The third-order valence-electron chi connectivity index (χ3n) is 5.44. The van der Waals surface area contributed by atoms with Gasteiger partial charge in [0.15, 0.2) is 5.65 Å². The molecule has 0 bridgehead atoms. The molecule has 3 heterocycles. The normalized spacial score (nSPS) is 15.4. The van der Waals surface area contributed by atoms with E-state index in [1.54, 1.807) is 10.7 Å². The van der Waals surface area contributed by atoms with Crippen molar-refractivity contribution in [3.05, 3.63) is 39.8 Å². The van der Waals surface area contributed by atoms with Gasteiger partial charge in [-0.05, 0) is 51.8 Å². The van der Waals surface area contributed by atoms with Crippen molar-refractivity contribution in [3.63, 3.8) is 0 Å². The number of rotatable bonds is 3. The Balaban J connectivity index is 1.48. The molecule has 9 nitrogen and oxygen atoms in total. The summed E-state index contributed by atoms with van der Waals surface area (Å²) in [6, 6.07) is 4.52. The molecule has 0 saturated carbocycles. The number of carbonyl (C=O) groups is 1. The predicted octanol–water partition coefficient (Wildman–Crippen LogP) is 3.09. The molecular weight excluding hydrogens is 420 g/mol. The fourth-order valence-corrected chi connectivity index (χ4v) is 3.92. The first-order valence-electron chi connectivity index (χ1n) is 10.2. The fraction of sp³-hybridized carbons (Fsp3) is 0.429. The lowest BCUT2D eigenvalue weighted by atomic mass is 9.96. The number of aromatic amines is 1. The first-order chi connectivity index (χ1) is 14.6. The van der Waals surface area contributed by atoms with Crippen molar-refractivity contribution < 1.29 is 9.90 Å². The largest absolute Gasteiger partial charge is 0.506 e. The first kappa shape index (κ1) is 21.2. The Morgan fingerprint density at radius 2 is 2.00 bits per heavy atom. The molecule has 0 unspecified atom stereocenters. The molecule has 3 N–H and O–H groups in total. The van der Waals surface area contributed by atoms with Crippen molar-refractivity contribution in [2.75, 3.05) is 23.3 Å². The van der Waals surface area contributed by atoms with Crippen molar-refractivity contribution in [2.45, 2.75) is 39.2 Å². The van der Waals surface area contributed by atoms with Crippen LogP contribution in [0.1, 0.15) is 33.6 Å². The molecule has 10 heteroatoms. The zero-order chi connectivity index (χ0) is 22.3. The van der Waals surface area contributed by atoms with E-state index >= 15 is 0 Å². The molecule has 0 aliphatic carbocycles. The summed E-state index contributed by atoms with van der Waals surface area (Å²) < 4.78 is 1.75. The number of aromatic hydroxyl groups is 1. The van der Waals surface area contributed by atoms with Crippen molar-refractivity contribution in [2.24, 2.45) is 5.92 Å². The van der Waals surface area contributed by atoms with Gasteiger partial charge in [0.05, 0.1) is 17.4 Å². The van der Waals surface area contributed by atoms with E-state index in [1.807, 2.05) is 25.7 Å². The zero-order valence-electron chi connectivity index (χ0n) is 17.6. The molecule has 0 radical (unpaired) electrons. The molecule has 1 aliphatic rings. The molecule has 0 atom stereocenters. The summed E-state index contributed by atoms with van der Waals surface area (Å²) in [5.74, 6) is 0.0701. The quantitative estimate of drug-likeness (QED) is 0.534. The Morgan fingerprint density at radius 3 is 2.68 bits per heavy atom. The third kappa shape index (κ3) is 4.23. The molecule has 1 saturated heterocycles. The van der Waals surface area contributed by atoms with Crippen molar-refractivity contribution in [3.8, 4) is 5.75 Å². The minimum absolute atomic E-state index is 0.0271. The SMILES string of the molecule is CC(C)(C)n1ncc2c(=O)[nH]c(N3CCC(C(=O)Nc4cc(Cl)ccc4O)CC3)nc21. The van der Waals surface area contributed by atoms with E-state index in [0.29, 0.717) is 53.6 Å². The fourth-order valence-electron chi connectivity index (χ4n) is 3.74. The van der Waals surface area contributed by atoms with Crippen LogP contribution in [0.3, 0.4) is 0 Å². The number of aromatic nitrogens is 4. The summed E-state index contributed by atoms with van der Waals surface area (Å²) >= 11 is 5.95. The van der Waals surface area contributed by atoms with Gasteiger partial charge in [-0.3, -0.25) is 14.6 Å². The Kier molecular flexibility index (Phi) is 5.38. The van der Waals surface area contributed by atoms with Crippen LogP contribution in [0.2, 0.25) is 5.02 Å². The van der Waals surface area contributed by atoms with Gasteiger partial charge >= 0.3 is 0 Å². The van der Waals surface area contributed by atoms with E-state index in [2.05, 4.69) is 20.4 Å². The number of nitrogens with zero attached hydrogens (tertiary/aromatic N) is 4. The summed E-state index contributed by atoms with van der Waals surface area (Å²) in [5.41, 5.74) is 0.303. The maximum Gasteiger partial charge on any atom is 0.263 e. The van der Waals surface area contributed by atoms with Crippen LogP contribution in [-0.4, -0.2) is 43.9 Å². The van der Waals surface area contributed by atoms with Crippen LogP contribution in [0.5, 0.6) is 5.75 Å². The Bertz CT molecular complexity index is 1190. The number of H-pyrrole nitrogens is 1. The van der Waals surface area contributed by atoms with Gasteiger partial charge in [-0.2, -0.15) is 10.1 Å². The van der Waals surface area contributed by atoms with E-state index in [0.717, 1.165) is 0 Å². The van der Waals surface area contributed by atoms with Crippen LogP contribution >= 0.6 is 11.6 Å². The van der Waals surface area contributed by atoms with Crippen LogP contribution in [-0.2, 0) is 10.3 Å². The molecule has 1 aliphatic heterocycles. The van der Waals surface area contributed by atoms with Gasteiger partial charge < -0.3 is 15.3 Å². The van der Waals surface area contributed by atoms with E-state index in [-0.39, 0.29) is 28.7 Å². The maximum atomic E-state index is 12.7. The molecule has 31 heavy (non-hydrogen) atoms. The molecule has 3 aromatic rings. The summed E-state index contributed by atoms with van der Waals surface area (Å²) in [4.78, 5) is 34.7. The van der Waals surface area contributed by atoms with Gasteiger partial charge in [-0.1, -0.05) is 11.6 Å². The van der Waals surface area contributed by atoms with Crippen molar-refractivity contribution in [1.29, 1.82) is 0 Å². The monoisotopic (exact) mass is 444 g/mol. The van der Waals surface area contributed by atoms with Gasteiger partial charge in [-0.25, -0.2) is 4.68 Å². The van der Waals surface area contributed by atoms with Gasteiger partial charge in [-0.15, -0.1) is 0 Å². The summed E-state index contributed by atoms with van der Waals surface area (Å²) in [7, 11) is 0. The molecular formula is C21H25ClN6O3. The molecule has 1 fully saturated rings. The number of amides is 1. The van der Waals surface area contributed by atoms with E-state index in [4.69, 9.17) is 11.6 Å². The minimum Gasteiger partial charge on any atom is -0.506 e. The van der Waals surface area contributed by atoms with Gasteiger partial charge in [0.25, 0.3) is 5.56 Å². The van der Waals surface area contributed by atoms with Crippen LogP contribution in [0.25, 0.3) is 11.0 Å². The topological polar surface area (TPSA) is 116 Å². The maximum absolute atomic E-state index is 12.7. The average Bonchev–Trinajstić information content (AvgIpc) is 3.16. The lowest BCUT2D eigenvalue weighted by Gasteiger charge is -2.31. The van der Waals surface area contributed by atoms with Gasteiger partial charge in [0, 0.05) is 24.0 Å². The zero-order valence-corrected chi connectivity index (χ0v) is 18.4. The summed E-state index contributed by atoms with van der Waals surface area (Å²) in [5, 5.41) is 17.9. The predicted molar refractivity (Wildman–Crippen MR) is 120 cm³/mol. The van der Waals surface area contributed by atoms with Crippen molar-refractivity contribution >= 4 is 40.2 Å². The van der Waals surface area contributed by atoms with Crippen LogP contribution in [0.4, 0.5) is 11.6 Å². The molecule has 2 aromatic heterocycles. The second-order valence-corrected chi connectivity index (χ2v) is 9.20. The highest BCUT2D eigenvalue weighted by Gasteiger charge is 2.28. The number of hydrogen-bond donors (Lipinski definition) is 3. The second kappa shape index (κ2) is 7.88. The number of carbonyl (C=O) groups excluding carboxylic acids is 1. The van der Waals surface area contributed by atoms with Crippen LogP contribution in [0, 0.1) is 5.92 Å². The van der Waals surface area contributed by atoms with Gasteiger partial charge in [0.2, 0.25) is 11.9 Å². The number of phenolic OH excluding ortho intramolecular Hbond substituents is 1.